The number of nitrogens with one attached hydrogen (secondary N) is 1. The number of hydrogen-bond donors (Lipinski definition) is 1. The zero-order valence-electron chi connectivity index (χ0n) is 18.3. The molecule has 0 spiro atoms. The number of halogens is 1. The Bertz CT molecular complexity index is 1320. The van der Waals surface area contributed by atoms with Crippen LogP contribution in [0.4, 0.5) is 5.69 Å². The second-order valence-electron chi connectivity index (χ2n) is 7.68. The summed E-state index contributed by atoms with van der Waals surface area (Å²) in [7, 11) is 1.69. The van der Waals surface area contributed by atoms with E-state index in [1.807, 2.05) is 42.5 Å². The fourth-order valence-corrected chi connectivity index (χ4v) is 5.10. The minimum Gasteiger partial charge on any atom is -0.496 e. The Morgan fingerprint density at radius 3 is 2.76 bits per heavy atom. The number of aromatic nitrogens is 3. The lowest BCUT2D eigenvalue weighted by molar-refractivity contribution is 0.226. The van der Waals surface area contributed by atoms with E-state index in [4.69, 9.17) is 14.5 Å². The van der Waals surface area contributed by atoms with Crippen LogP contribution in [0.3, 0.4) is 0 Å². The van der Waals surface area contributed by atoms with E-state index in [1.54, 1.807) is 18.9 Å². The first-order valence-electron chi connectivity index (χ1n) is 10.8. The average Bonchev–Trinajstić information content (AvgIpc) is 2.99. The smallest absolute Gasteiger partial charge is 0.247 e. The number of fused-ring (bicyclic) bond motifs is 4. The molecule has 0 fully saturated rings. The number of rotatable bonds is 6. The molecule has 1 aliphatic rings. The highest BCUT2D eigenvalue weighted by molar-refractivity contribution is 9.10. The molecule has 33 heavy (non-hydrogen) atoms. The highest BCUT2D eigenvalue weighted by Gasteiger charge is 2.27. The Hall–Kier alpha value is -2.84. The molecule has 0 amide bonds. The average molecular weight is 523 g/mol. The highest BCUT2D eigenvalue weighted by atomic mass is 79.9. The molecule has 3 aromatic carbocycles. The van der Waals surface area contributed by atoms with Crippen molar-refractivity contribution in [2.75, 3.05) is 18.2 Å². The molecule has 0 aliphatic carbocycles. The number of anilines is 1. The second kappa shape index (κ2) is 9.57. The molecule has 8 heteroatoms. The van der Waals surface area contributed by atoms with E-state index >= 15 is 0 Å². The minimum atomic E-state index is -0.466. The van der Waals surface area contributed by atoms with Crippen LogP contribution >= 0.6 is 27.7 Å². The van der Waals surface area contributed by atoms with Crippen LogP contribution in [0.15, 0.2) is 64.2 Å². The predicted molar refractivity (Wildman–Crippen MR) is 136 cm³/mol. The number of hydrogen-bond acceptors (Lipinski definition) is 7. The Labute approximate surface area is 205 Å². The Morgan fingerprint density at radius 2 is 1.94 bits per heavy atom. The molecule has 1 aliphatic heterocycles. The molecular weight excluding hydrogens is 500 g/mol. The summed E-state index contributed by atoms with van der Waals surface area (Å²) in [5, 5.41) is 15.1. The maximum absolute atomic E-state index is 6.50. The van der Waals surface area contributed by atoms with Gasteiger partial charge in [0.15, 0.2) is 11.9 Å². The number of methoxy groups -OCH3 is 1. The van der Waals surface area contributed by atoms with Crippen molar-refractivity contribution in [3.8, 4) is 22.9 Å². The number of thioether (sulfide) groups is 1. The molecule has 4 aromatic rings. The first-order chi connectivity index (χ1) is 16.2. The maximum atomic E-state index is 6.50. The largest absolute Gasteiger partial charge is 0.496 e. The minimum absolute atomic E-state index is 0.466. The van der Waals surface area contributed by atoms with Gasteiger partial charge in [-0.2, -0.15) is 4.98 Å². The zero-order chi connectivity index (χ0) is 22.8. The Balaban J connectivity index is 1.63. The van der Waals surface area contributed by atoms with Crippen LogP contribution in [0.5, 0.6) is 11.6 Å². The molecule has 0 bridgehead atoms. The first-order valence-corrected chi connectivity index (χ1v) is 12.6. The standard InChI is InChI=1S/C25H23BrN4O2S/c1-3-4-13-33-25-28-24-22(29-30-25)19-14-15(26)9-11-20(19)27-23(32-24)18-10-12-21(31-2)17-8-6-5-7-16(17)18/h5-12,14,23,27H,3-4,13H2,1-2H3. The molecule has 2 heterocycles. The normalized spacial score (nSPS) is 14.6. The van der Waals surface area contributed by atoms with Crippen LogP contribution in [-0.4, -0.2) is 28.0 Å². The van der Waals surface area contributed by atoms with Crippen molar-refractivity contribution in [1.82, 2.24) is 15.2 Å². The first kappa shape index (κ1) is 22.0. The maximum Gasteiger partial charge on any atom is 0.247 e. The van der Waals surface area contributed by atoms with Crippen molar-refractivity contribution in [3.05, 3.63) is 64.6 Å². The van der Waals surface area contributed by atoms with Gasteiger partial charge in [-0.15, -0.1) is 10.2 Å². The summed E-state index contributed by atoms with van der Waals surface area (Å²) in [4.78, 5) is 4.75. The van der Waals surface area contributed by atoms with Crippen LogP contribution in [0.25, 0.3) is 22.0 Å². The SMILES string of the molecule is CCCCSc1nnc2c(n1)OC(c1ccc(OC)c3ccccc13)Nc1ccc(Br)cc1-2. The van der Waals surface area contributed by atoms with E-state index in [-0.39, 0.29) is 0 Å². The van der Waals surface area contributed by atoms with E-state index in [9.17, 15) is 0 Å². The topological polar surface area (TPSA) is 69.2 Å². The number of nitrogens with zero attached hydrogens (tertiary/aromatic N) is 3. The molecule has 6 nitrogen and oxygen atoms in total. The van der Waals surface area contributed by atoms with Gasteiger partial charge in [-0.05, 0) is 42.1 Å². The molecule has 1 aromatic heterocycles. The highest BCUT2D eigenvalue weighted by Crippen LogP contribution is 2.42. The molecular formula is C25H23BrN4O2S. The summed E-state index contributed by atoms with van der Waals surface area (Å²) < 4.78 is 13.0. The third kappa shape index (κ3) is 4.37. The van der Waals surface area contributed by atoms with Gasteiger partial charge in [0.05, 0.1) is 7.11 Å². The quantitative estimate of drug-likeness (QED) is 0.219. The van der Waals surface area contributed by atoms with Gasteiger partial charge in [0.1, 0.15) is 5.75 Å². The van der Waals surface area contributed by atoms with Gasteiger partial charge in [0, 0.05) is 32.4 Å². The van der Waals surface area contributed by atoms with Gasteiger partial charge >= 0.3 is 0 Å². The van der Waals surface area contributed by atoms with Gasteiger partial charge < -0.3 is 14.8 Å². The zero-order valence-corrected chi connectivity index (χ0v) is 20.7. The van der Waals surface area contributed by atoms with Crippen molar-refractivity contribution >= 4 is 44.2 Å². The summed E-state index contributed by atoms with van der Waals surface area (Å²) in [5.74, 6) is 2.24. The molecule has 5 rings (SSSR count). The predicted octanol–water partition coefficient (Wildman–Crippen LogP) is 6.86. The Morgan fingerprint density at radius 1 is 1.09 bits per heavy atom. The third-order valence-electron chi connectivity index (χ3n) is 5.54. The molecule has 0 saturated carbocycles. The van der Waals surface area contributed by atoms with E-state index in [2.05, 4.69) is 50.5 Å². The lowest BCUT2D eigenvalue weighted by Gasteiger charge is -2.21. The number of ether oxygens (including phenoxy) is 2. The second-order valence-corrected chi connectivity index (χ2v) is 9.66. The van der Waals surface area contributed by atoms with Gasteiger partial charge in [0.25, 0.3) is 0 Å². The molecule has 168 valence electrons. The van der Waals surface area contributed by atoms with Gasteiger partial charge in [-0.25, -0.2) is 0 Å². The van der Waals surface area contributed by atoms with Crippen LogP contribution in [0.2, 0.25) is 0 Å². The van der Waals surface area contributed by atoms with E-state index in [0.29, 0.717) is 16.7 Å². The number of unbranched alkanes of at least 4 members (excludes halogenated alkanes) is 1. The van der Waals surface area contributed by atoms with E-state index in [1.165, 1.54) is 0 Å². The molecule has 1 N–H and O–H groups in total. The Kier molecular flexibility index (Phi) is 6.37. The van der Waals surface area contributed by atoms with Crippen LogP contribution in [-0.2, 0) is 0 Å². The van der Waals surface area contributed by atoms with Crippen LogP contribution in [0, 0.1) is 0 Å². The molecule has 0 saturated heterocycles. The van der Waals surface area contributed by atoms with Crippen molar-refractivity contribution in [3.63, 3.8) is 0 Å². The summed E-state index contributed by atoms with van der Waals surface area (Å²) >= 11 is 5.18. The van der Waals surface area contributed by atoms with E-state index < -0.39 is 6.23 Å². The molecule has 1 atom stereocenters. The van der Waals surface area contributed by atoms with Gasteiger partial charge in [0.2, 0.25) is 11.0 Å². The third-order valence-corrected chi connectivity index (χ3v) is 6.95. The lowest BCUT2D eigenvalue weighted by Crippen LogP contribution is -2.17. The van der Waals surface area contributed by atoms with Gasteiger partial charge in [-0.1, -0.05) is 65.3 Å². The summed E-state index contributed by atoms with van der Waals surface area (Å²) in [6.45, 7) is 2.17. The van der Waals surface area contributed by atoms with Crippen LogP contribution < -0.4 is 14.8 Å². The van der Waals surface area contributed by atoms with E-state index in [0.717, 1.165) is 56.4 Å². The van der Waals surface area contributed by atoms with Crippen LogP contribution in [0.1, 0.15) is 31.6 Å². The summed E-state index contributed by atoms with van der Waals surface area (Å²) in [6, 6.07) is 18.2. The summed E-state index contributed by atoms with van der Waals surface area (Å²) in [6.07, 6.45) is 1.76. The fourth-order valence-electron chi connectivity index (χ4n) is 3.88. The fraction of sp³-hybridized carbons (Fsp3) is 0.240. The lowest BCUT2D eigenvalue weighted by atomic mass is 10.0. The molecule has 1 unspecified atom stereocenters. The number of benzene rings is 3. The van der Waals surface area contributed by atoms with Crippen molar-refractivity contribution in [2.45, 2.75) is 31.1 Å². The van der Waals surface area contributed by atoms with Crippen molar-refractivity contribution < 1.29 is 9.47 Å². The van der Waals surface area contributed by atoms with Crippen molar-refractivity contribution in [1.29, 1.82) is 0 Å². The summed E-state index contributed by atoms with van der Waals surface area (Å²) in [5.41, 5.74) is 3.42. The monoisotopic (exact) mass is 522 g/mol. The van der Waals surface area contributed by atoms with Gasteiger partial charge in [-0.3, -0.25) is 0 Å². The van der Waals surface area contributed by atoms with Crippen molar-refractivity contribution in [2.24, 2.45) is 0 Å². The molecule has 0 radical (unpaired) electrons.